The molecular formula is C9H16O3S. The van der Waals surface area contributed by atoms with Crippen molar-refractivity contribution in [2.75, 3.05) is 6.26 Å². The first-order valence-electron chi connectivity index (χ1n) is 4.37. The first-order chi connectivity index (χ1) is 5.79. The van der Waals surface area contributed by atoms with Gasteiger partial charge in [-0.3, -0.25) is 0 Å². The van der Waals surface area contributed by atoms with E-state index in [-0.39, 0.29) is 5.41 Å². The van der Waals surface area contributed by atoms with Gasteiger partial charge in [-0.1, -0.05) is 13.8 Å². The summed E-state index contributed by atoms with van der Waals surface area (Å²) in [7, 11) is -3.33. The molecule has 0 aliphatic heterocycles. The van der Waals surface area contributed by atoms with E-state index in [0.717, 1.165) is 25.5 Å². The van der Waals surface area contributed by atoms with Crippen molar-refractivity contribution >= 4 is 10.1 Å². The zero-order chi connectivity index (χ0) is 10.1. The topological polar surface area (TPSA) is 43.4 Å². The summed E-state index contributed by atoms with van der Waals surface area (Å²) in [6.45, 7) is 4.33. The molecule has 0 unspecified atom stereocenters. The minimum absolute atomic E-state index is 0.282. The van der Waals surface area contributed by atoms with Crippen LogP contribution in [0.3, 0.4) is 0 Å². The maximum atomic E-state index is 10.8. The quantitative estimate of drug-likeness (QED) is 0.647. The first-order valence-corrected chi connectivity index (χ1v) is 6.19. The maximum absolute atomic E-state index is 10.8. The Morgan fingerprint density at radius 3 is 2.46 bits per heavy atom. The first kappa shape index (κ1) is 10.6. The van der Waals surface area contributed by atoms with Crippen molar-refractivity contribution in [1.29, 1.82) is 0 Å². The third-order valence-electron chi connectivity index (χ3n) is 2.19. The number of hydrogen-bond donors (Lipinski definition) is 0. The van der Waals surface area contributed by atoms with E-state index in [1.165, 1.54) is 0 Å². The average molecular weight is 204 g/mol. The van der Waals surface area contributed by atoms with Crippen LogP contribution in [0.4, 0.5) is 0 Å². The van der Waals surface area contributed by atoms with Crippen molar-refractivity contribution in [2.24, 2.45) is 5.41 Å². The molecule has 1 rings (SSSR count). The van der Waals surface area contributed by atoms with Crippen molar-refractivity contribution in [1.82, 2.24) is 0 Å². The number of allylic oxidation sites excluding steroid dienone is 2. The fourth-order valence-electron chi connectivity index (χ4n) is 1.33. The Morgan fingerprint density at radius 1 is 1.46 bits per heavy atom. The molecule has 3 nitrogen and oxygen atoms in total. The molecule has 4 heteroatoms. The van der Waals surface area contributed by atoms with Gasteiger partial charge in [0.05, 0.1) is 6.26 Å². The molecule has 1 aliphatic carbocycles. The highest BCUT2D eigenvalue weighted by atomic mass is 32.2. The van der Waals surface area contributed by atoms with Gasteiger partial charge < -0.3 is 4.18 Å². The Morgan fingerprint density at radius 2 is 2.08 bits per heavy atom. The fraction of sp³-hybridized carbons (Fsp3) is 0.778. The second kappa shape index (κ2) is 3.33. The van der Waals surface area contributed by atoms with Crippen LogP contribution in [-0.2, 0) is 14.3 Å². The smallest absolute Gasteiger partial charge is 0.305 e. The van der Waals surface area contributed by atoms with Crippen LogP contribution in [0.1, 0.15) is 33.1 Å². The second-order valence-electron chi connectivity index (χ2n) is 4.33. The molecule has 0 amide bonds. The highest BCUT2D eigenvalue weighted by molar-refractivity contribution is 7.86. The Balaban J connectivity index is 2.62. The van der Waals surface area contributed by atoms with Gasteiger partial charge in [-0.15, -0.1) is 0 Å². The summed E-state index contributed by atoms with van der Waals surface area (Å²) < 4.78 is 26.4. The second-order valence-corrected chi connectivity index (χ2v) is 5.90. The van der Waals surface area contributed by atoms with Gasteiger partial charge in [0.15, 0.2) is 0 Å². The molecule has 0 atom stereocenters. The van der Waals surface area contributed by atoms with Crippen molar-refractivity contribution in [3.8, 4) is 0 Å². The van der Waals surface area contributed by atoms with Crippen LogP contribution in [-0.4, -0.2) is 14.7 Å². The van der Waals surface area contributed by atoms with Crippen molar-refractivity contribution in [3.63, 3.8) is 0 Å². The molecule has 0 saturated heterocycles. The highest BCUT2D eigenvalue weighted by Gasteiger charge is 2.23. The zero-order valence-corrected chi connectivity index (χ0v) is 9.15. The molecule has 0 aromatic rings. The van der Waals surface area contributed by atoms with Crippen LogP contribution >= 0.6 is 0 Å². The zero-order valence-electron chi connectivity index (χ0n) is 8.33. The largest absolute Gasteiger partial charge is 0.387 e. The van der Waals surface area contributed by atoms with Gasteiger partial charge in [-0.05, 0) is 24.3 Å². The molecule has 0 N–H and O–H groups in total. The molecule has 0 fully saturated rings. The third kappa shape index (κ3) is 3.81. The summed E-state index contributed by atoms with van der Waals surface area (Å²) in [5, 5.41) is 0. The van der Waals surface area contributed by atoms with Crippen LogP contribution in [0.2, 0.25) is 0 Å². The predicted octanol–water partition coefficient (Wildman–Crippen LogP) is 2.06. The minimum Gasteiger partial charge on any atom is -0.387 e. The Kier molecular flexibility index (Phi) is 2.71. The van der Waals surface area contributed by atoms with E-state index in [1.54, 1.807) is 0 Å². The molecule has 0 bridgehead atoms. The van der Waals surface area contributed by atoms with E-state index in [9.17, 15) is 8.42 Å². The number of hydrogen-bond acceptors (Lipinski definition) is 3. The van der Waals surface area contributed by atoms with E-state index in [0.29, 0.717) is 5.76 Å². The molecule has 0 aromatic heterocycles. The van der Waals surface area contributed by atoms with E-state index in [1.807, 2.05) is 6.08 Å². The van der Waals surface area contributed by atoms with Gasteiger partial charge in [0, 0.05) is 6.42 Å². The molecule has 0 heterocycles. The van der Waals surface area contributed by atoms with Crippen LogP contribution in [0.5, 0.6) is 0 Å². The summed E-state index contributed by atoms with van der Waals surface area (Å²) in [4.78, 5) is 0. The van der Waals surface area contributed by atoms with E-state index in [4.69, 9.17) is 4.18 Å². The lowest BCUT2D eigenvalue weighted by Gasteiger charge is -2.27. The molecule has 0 saturated carbocycles. The lowest BCUT2D eigenvalue weighted by atomic mass is 9.80. The summed E-state index contributed by atoms with van der Waals surface area (Å²) in [5.74, 6) is 0.599. The van der Waals surface area contributed by atoms with Crippen molar-refractivity contribution < 1.29 is 12.6 Å². The molecule has 1 aliphatic rings. The highest BCUT2D eigenvalue weighted by Crippen LogP contribution is 2.34. The molecule has 0 spiro atoms. The molecule has 76 valence electrons. The van der Waals surface area contributed by atoms with Crippen LogP contribution in [0, 0.1) is 5.41 Å². The summed E-state index contributed by atoms with van der Waals surface area (Å²) in [5.41, 5.74) is 0.282. The Bertz CT molecular complexity index is 312. The lowest BCUT2D eigenvalue weighted by molar-refractivity contribution is 0.280. The molecule has 0 radical (unpaired) electrons. The molecular weight excluding hydrogens is 188 g/mol. The van der Waals surface area contributed by atoms with E-state index >= 15 is 0 Å². The standard InChI is InChI=1S/C9H16O3S/c1-9(2)6-4-8(5-7-9)12-13(3,10)11/h4H,5-7H2,1-3H3. The molecule has 0 aromatic carbocycles. The SMILES string of the molecule is CC1(C)CC=C(OS(C)(=O)=O)CC1. The van der Waals surface area contributed by atoms with Crippen molar-refractivity contribution in [2.45, 2.75) is 33.1 Å². The van der Waals surface area contributed by atoms with Crippen LogP contribution < -0.4 is 0 Å². The normalized spacial score (nSPS) is 22.2. The monoisotopic (exact) mass is 204 g/mol. The van der Waals surface area contributed by atoms with Crippen molar-refractivity contribution in [3.05, 3.63) is 11.8 Å². The van der Waals surface area contributed by atoms with Gasteiger partial charge in [-0.2, -0.15) is 8.42 Å². The van der Waals surface area contributed by atoms with Crippen LogP contribution in [0.25, 0.3) is 0 Å². The third-order valence-corrected chi connectivity index (χ3v) is 2.71. The fourth-order valence-corrected chi connectivity index (χ4v) is 1.87. The summed E-state index contributed by atoms with van der Waals surface area (Å²) in [6.07, 6.45) is 5.55. The summed E-state index contributed by atoms with van der Waals surface area (Å²) >= 11 is 0. The van der Waals surface area contributed by atoms with Gasteiger partial charge in [-0.25, -0.2) is 0 Å². The predicted molar refractivity (Wildman–Crippen MR) is 51.6 cm³/mol. The lowest BCUT2D eigenvalue weighted by Crippen LogP contribution is -2.16. The van der Waals surface area contributed by atoms with E-state index in [2.05, 4.69) is 13.8 Å². The van der Waals surface area contributed by atoms with Crippen LogP contribution in [0.15, 0.2) is 11.8 Å². The summed E-state index contributed by atoms with van der Waals surface area (Å²) in [6, 6.07) is 0. The van der Waals surface area contributed by atoms with Gasteiger partial charge in [0.1, 0.15) is 5.76 Å². The van der Waals surface area contributed by atoms with E-state index < -0.39 is 10.1 Å². The minimum atomic E-state index is -3.33. The Hall–Kier alpha value is -0.510. The Labute approximate surface area is 79.9 Å². The number of rotatable bonds is 2. The molecule has 13 heavy (non-hydrogen) atoms. The van der Waals surface area contributed by atoms with Gasteiger partial charge >= 0.3 is 10.1 Å². The van der Waals surface area contributed by atoms with Gasteiger partial charge in [0.25, 0.3) is 0 Å². The average Bonchev–Trinajstić information content (AvgIpc) is 1.91. The maximum Gasteiger partial charge on any atom is 0.305 e. The van der Waals surface area contributed by atoms with Gasteiger partial charge in [0.2, 0.25) is 0 Å².